The van der Waals surface area contributed by atoms with Gasteiger partial charge in [0.05, 0.1) is 17.5 Å². The summed E-state index contributed by atoms with van der Waals surface area (Å²) in [6.45, 7) is 2.20. The first-order chi connectivity index (χ1) is 20.1. The van der Waals surface area contributed by atoms with Crippen LogP contribution in [0.2, 0.25) is 0 Å². The summed E-state index contributed by atoms with van der Waals surface area (Å²) in [6, 6.07) is 15.9. The van der Waals surface area contributed by atoms with Gasteiger partial charge in [-0.15, -0.1) is 0 Å². The summed E-state index contributed by atoms with van der Waals surface area (Å²) >= 11 is 0. The Morgan fingerprint density at radius 1 is 1.02 bits per heavy atom. The highest BCUT2D eigenvalue weighted by atomic mass is 32.2. The number of nitrogens with zero attached hydrogens (tertiary/aromatic N) is 2. The van der Waals surface area contributed by atoms with Crippen molar-refractivity contribution in [2.45, 2.75) is 80.8 Å². The van der Waals surface area contributed by atoms with E-state index in [-0.39, 0.29) is 29.3 Å². The quantitative estimate of drug-likeness (QED) is 0.377. The van der Waals surface area contributed by atoms with E-state index in [0.29, 0.717) is 43.8 Å². The zero-order valence-electron chi connectivity index (χ0n) is 24.4. The van der Waals surface area contributed by atoms with Crippen LogP contribution >= 0.6 is 0 Å². The number of carbonyl (C=O) groups excluding carboxylic acids is 3. The van der Waals surface area contributed by atoms with Crippen LogP contribution in [0, 0.1) is 5.92 Å². The number of amides is 4. The lowest BCUT2D eigenvalue weighted by Gasteiger charge is -2.37. The van der Waals surface area contributed by atoms with Gasteiger partial charge in [0.15, 0.2) is 9.84 Å². The van der Waals surface area contributed by atoms with Gasteiger partial charge in [-0.2, -0.15) is 0 Å². The third-order valence-corrected chi connectivity index (χ3v) is 10.3. The van der Waals surface area contributed by atoms with Crippen molar-refractivity contribution >= 4 is 27.7 Å². The average molecular weight is 595 g/mol. The van der Waals surface area contributed by atoms with Crippen molar-refractivity contribution in [2.75, 3.05) is 25.9 Å². The maximum Gasteiger partial charge on any atom is 0.325 e. The molecule has 2 N–H and O–H groups in total. The van der Waals surface area contributed by atoms with E-state index in [0.717, 1.165) is 31.2 Å². The second kappa shape index (κ2) is 13.0. The number of imide groups is 1. The molecule has 0 radical (unpaired) electrons. The van der Waals surface area contributed by atoms with E-state index >= 15 is 0 Å². The lowest BCUT2D eigenvalue weighted by Crippen LogP contribution is -2.55. The number of benzene rings is 2. The molecule has 1 spiro atoms. The zero-order chi connectivity index (χ0) is 29.7. The molecular formula is C32H42N4O5S. The van der Waals surface area contributed by atoms with Crippen LogP contribution in [-0.4, -0.2) is 67.5 Å². The lowest BCUT2D eigenvalue weighted by atomic mass is 9.87. The van der Waals surface area contributed by atoms with Crippen molar-refractivity contribution in [1.29, 1.82) is 0 Å². The molecule has 4 amide bonds. The number of nitrogens with one attached hydrogen (secondary N) is 2. The number of hydrogen-bond acceptors (Lipinski definition) is 6. The van der Waals surface area contributed by atoms with Gasteiger partial charge in [0.25, 0.3) is 5.91 Å². The Kier molecular flexibility index (Phi) is 9.32. The molecule has 2 saturated heterocycles. The van der Waals surface area contributed by atoms with Gasteiger partial charge in [-0.25, -0.2) is 13.2 Å². The molecule has 5 rings (SSSR count). The minimum absolute atomic E-state index is 0.0736. The largest absolute Gasteiger partial charge is 0.349 e. The number of hydrogen-bond donors (Lipinski definition) is 2. The van der Waals surface area contributed by atoms with Crippen LogP contribution in [0.25, 0.3) is 0 Å². The van der Waals surface area contributed by atoms with Crippen LogP contribution in [0.15, 0.2) is 59.5 Å². The molecule has 226 valence electrons. The number of rotatable bonds is 11. The topological polar surface area (TPSA) is 116 Å². The van der Waals surface area contributed by atoms with Crippen LogP contribution in [0.5, 0.6) is 0 Å². The van der Waals surface area contributed by atoms with Gasteiger partial charge in [0, 0.05) is 32.3 Å². The predicted molar refractivity (Wildman–Crippen MR) is 160 cm³/mol. The third-order valence-electron chi connectivity index (χ3n) is 9.17. The fourth-order valence-corrected chi connectivity index (χ4v) is 7.19. The highest BCUT2D eigenvalue weighted by Gasteiger charge is 2.52. The summed E-state index contributed by atoms with van der Waals surface area (Å²) in [4.78, 5) is 42.9. The molecular weight excluding hydrogens is 552 g/mol. The number of likely N-dealkylation sites (tertiary alicyclic amines) is 1. The van der Waals surface area contributed by atoms with Crippen molar-refractivity contribution < 1.29 is 22.8 Å². The van der Waals surface area contributed by atoms with Crippen molar-refractivity contribution in [1.82, 2.24) is 20.4 Å². The monoisotopic (exact) mass is 594 g/mol. The highest BCUT2D eigenvalue weighted by molar-refractivity contribution is 7.90. The average Bonchev–Trinajstić information content (AvgIpc) is 3.58. The Morgan fingerprint density at radius 3 is 2.33 bits per heavy atom. The molecule has 42 heavy (non-hydrogen) atoms. The standard InChI is InChI=1S/C32H42N4O5S/c1-42(40,41)27-14-11-25(12-15-27)23-36-30(38)32(34-31(36)39)18-21-35(22-19-32)20-17-28(26-9-3-2-4-10-26)33-29(37)16-13-24-7-5-6-8-24/h2-4,9-12,14-15,24,28H,5-8,13,16-23H2,1H3,(H,33,37)(H,34,39)/t28-/m0/s1. The van der Waals surface area contributed by atoms with E-state index in [1.165, 1.54) is 42.7 Å². The van der Waals surface area contributed by atoms with Gasteiger partial charge in [-0.3, -0.25) is 14.5 Å². The molecule has 0 aromatic heterocycles. The molecule has 2 aliphatic heterocycles. The van der Waals surface area contributed by atoms with Crippen molar-refractivity contribution in [2.24, 2.45) is 5.92 Å². The Balaban J connectivity index is 1.14. The number of sulfone groups is 1. The molecule has 9 nitrogen and oxygen atoms in total. The molecule has 0 bridgehead atoms. The molecule has 2 heterocycles. The Hall–Kier alpha value is -3.24. The molecule has 10 heteroatoms. The maximum atomic E-state index is 13.4. The van der Waals surface area contributed by atoms with Crippen molar-refractivity contribution in [3.8, 4) is 0 Å². The van der Waals surface area contributed by atoms with Gasteiger partial charge in [0.1, 0.15) is 5.54 Å². The molecule has 3 fully saturated rings. The van der Waals surface area contributed by atoms with Crippen molar-refractivity contribution in [3.05, 3.63) is 65.7 Å². The minimum Gasteiger partial charge on any atom is -0.349 e. The van der Waals surface area contributed by atoms with Crippen molar-refractivity contribution in [3.63, 3.8) is 0 Å². The van der Waals surface area contributed by atoms with Gasteiger partial charge < -0.3 is 15.5 Å². The maximum absolute atomic E-state index is 13.4. The molecule has 2 aromatic rings. The highest BCUT2D eigenvalue weighted by Crippen LogP contribution is 2.32. The third kappa shape index (κ3) is 7.21. The summed E-state index contributed by atoms with van der Waals surface area (Å²) in [5, 5.41) is 6.24. The van der Waals surface area contributed by atoms with Crippen LogP contribution < -0.4 is 10.6 Å². The van der Waals surface area contributed by atoms with E-state index in [1.807, 2.05) is 18.2 Å². The van der Waals surface area contributed by atoms with Gasteiger partial charge in [-0.05, 0) is 54.9 Å². The lowest BCUT2D eigenvalue weighted by molar-refractivity contribution is -0.133. The first-order valence-corrected chi connectivity index (χ1v) is 17.0. The minimum atomic E-state index is -3.32. The van der Waals surface area contributed by atoms with Gasteiger partial charge >= 0.3 is 6.03 Å². The first kappa shape index (κ1) is 30.2. The smallest absolute Gasteiger partial charge is 0.325 e. The number of piperidine rings is 1. The summed E-state index contributed by atoms with van der Waals surface area (Å²) in [7, 11) is -3.32. The normalized spacial score (nSPS) is 20.2. The fourth-order valence-electron chi connectivity index (χ4n) is 6.56. The molecule has 3 aliphatic rings. The second-order valence-electron chi connectivity index (χ2n) is 12.2. The summed E-state index contributed by atoms with van der Waals surface area (Å²) in [6.07, 6.45) is 9.53. The summed E-state index contributed by atoms with van der Waals surface area (Å²) in [5.41, 5.74) is 0.879. The van der Waals surface area contributed by atoms with E-state index in [2.05, 4.69) is 27.7 Å². The Bertz CT molecular complexity index is 1370. The van der Waals surface area contributed by atoms with E-state index < -0.39 is 21.4 Å². The predicted octanol–water partition coefficient (Wildman–Crippen LogP) is 4.19. The summed E-state index contributed by atoms with van der Waals surface area (Å²) in [5.74, 6) is 0.566. The zero-order valence-corrected chi connectivity index (χ0v) is 25.2. The molecule has 1 aliphatic carbocycles. The van der Waals surface area contributed by atoms with Crippen LogP contribution in [0.3, 0.4) is 0 Å². The summed E-state index contributed by atoms with van der Waals surface area (Å²) < 4.78 is 23.5. The first-order valence-electron chi connectivity index (χ1n) is 15.1. The molecule has 1 atom stereocenters. The molecule has 2 aromatic carbocycles. The SMILES string of the molecule is CS(=O)(=O)c1ccc(CN2C(=O)NC3(CCN(CC[C@H](NC(=O)CCC4CCCC4)c4ccccc4)CC3)C2=O)cc1. The second-order valence-corrected chi connectivity index (χ2v) is 14.2. The van der Waals surface area contributed by atoms with Crippen LogP contribution in [0.4, 0.5) is 4.79 Å². The van der Waals surface area contributed by atoms with Gasteiger partial charge in [0.2, 0.25) is 5.91 Å². The Morgan fingerprint density at radius 2 is 1.69 bits per heavy atom. The van der Waals surface area contributed by atoms with E-state index in [1.54, 1.807) is 12.1 Å². The molecule has 0 unspecified atom stereocenters. The Labute approximate surface area is 248 Å². The van der Waals surface area contributed by atoms with Crippen LogP contribution in [0.1, 0.15) is 75.0 Å². The van der Waals surface area contributed by atoms with Crippen LogP contribution in [-0.2, 0) is 26.0 Å². The van der Waals surface area contributed by atoms with Gasteiger partial charge in [-0.1, -0.05) is 68.1 Å². The molecule has 1 saturated carbocycles. The number of carbonyl (C=O) groups is 3. The van der Waals surface area contributed by atoms with E-state index in [9.17, 15) is 22.8 Å². The fraction of sp³-hybridized carbons (Fsp3) is 0.531. The number of urea groups is 1. The van der Waals surface area contributed by atoms with E-state index in [4.69, 9.17) is 0 Å².